The van der Waals surface area contributed by atoms with E-state index in [2.05, 4.69) is 10.3 Å². The van der Waals surface area contributed by atoms with Crippen molar-refractivity contribution in [3.8, 4) is 0 Å². The number of carbonyl (C=O) groups excluding carboxylic acids is 2. The summed E-state index contributed by atoms with van der Waals surface area (Å²) in [7, 11) is 1.47. The normalized spacial score (nSPS) is 17.7. The van der Waals surface area contributed by atoms with E-state index in [0.717, 1.165) is 0 Å². The Morgan fingerprint density at radius 2 is 2.20 bits per heavy atom. The molecule has 2 amide bonds. The zero-order valence-electron chi connectivity index (χ0n) is 18.6. The van der Waals surface area contributed by atoms with Gasteiger partial charge in [-0.1, -0.05) is 11.6 Å². The van der Waals surface area contributed by atoms with Crippen LogP contribution in [0.15, 0.2) is 30.0 Å². The number of carboxylic acid groups (broad SMARTS) is 1. The number of imidazole rings is 1. The lowest BCUT2D eigenvalue weighted by Gasteiger charge is -2.33. The molecule has 1 saturated heterocycles. The molecule has 2 aliphatic heterocycles. The van der Waals surface area contributed by atoms with Crippen molar-refractivity contribution >= 4 is 58.1 Å². The highest BCUT2D eigenvalue weighted by Crippen LogP contribution is 2.29. The molecule has 1 atom stereocenters. The summed E-state index contributed by atoms with van der Waals surface area (Å²) >= 11 is 8.28. The first-order valence-corrected chi connectivity index (χ1v) is 12.2. The summed E-state index contributed by atoms with van der Waals surface area (Å²) in [5.74, 6) is -1.16. The monoisotopic (exact) mass is 617 g/mol. The smallest absolute Gasteiger partial charge is 0.404 e. The number of halogens is 3. The maximum atomic E-state index is 14.0. The van der Waals surface area contributed by atoms with E-state index in [-0.39, 0.29) is 30.6 Å². The first-order valence-electron chi connectivity index (χ1n) is 10.8. The van der Waals surface area contributed by atoms with Gasteiger partial charge in [0.15, 0.2) is 0 Å². The second-order valence-electron chi connectivity index (χ2n) is 8.16. The quantitative estimate of drug-likeness (QED) is 0.378. The van der Waals surface area contributed by atoms with Gasteiger partial charge in [0.25, 0.3) is 5.91 Å². The maximum absolute atomic E-state index is 14.0. The van der Waals surface area contributed by atoms with Crippen molar-refractivity contribution in [1.29, 1.82) is 0 Å². The van der Waals surface area contributed by atoms with E-state index >= 15 is 0 Å². The van der Waals surface area contributed by atoms with Crippen LogP contribution in [0.2, 0.25) is 5.02 Å². The molecule has 2 N–H and O–H groups in total. The molecule has 0 bridgehead atoms. The van der Waals surface area contributed by atoms with E-state index in [1.807, 2.05) is 27.5 Å². The fraction of sp³-hybridized carbons (Fsp3) is 0.364. The molecule has 2 aromatic rings. The number of esters is 1. The number of anilines is 1. The summed E-state index contributed by atoms with van der Waals surface area (Å²) < 4.78 is 21.0. The Balaban J connectivity index is 1.76. The Bertz CT molecular complexity index is 1220. The Kier molecular flexibility index (Phi) is 7.50. The molecule has 2 aliphatic rings. The lowest BCUT2D eigenvalue weighted by Crippen LogP contribution is -2.48. The van der Waals surface area contributed by atoms with Crippen molar-refractivity contribution in [2.75, 3.05) is 31.6 Å². The molecule has 186 valence electrons. The summed E-state index contributed by atoms with van der Waals surface area (Å²) in [4.78, 5) is 44.5. The minimum Gasteiger partial charge on any atom is -0.465 e. The van der Waals surface area contributed by atoms with Gasteiger partial charge in [-0.3, -0.25) is 4.79 Å². The van der Waals surface area contributed by atoms with E-state index in [1.165, 1.54) is 36.2 Å². The minimum atomic E-state index is -1.12. The first kappa shape index (κ1) is 25.2. The molecule has 10 nitrogen and oxygen atoms in total. The van der Waals surface area contributed by atoms with Gasteiger partial charge in [-0.15, -0.1) is 0 Å². The number of likely N-dealkylation sites (N-methyl/N-ethyl adjacent to an activating group) is 1. The Morgan fingerprint density at radius 1 is 1.43 bits per heavy atom. The molecule has 1 aromatic carbocycles. The first-order chi connectivity index (χ1) is 16.7. The molecule has 1 fully saturated rings. The van der Waals surface area contributed by atoms with E-state index in [0.29, 0.717) is 46.2 Å². The van der Waals surface area contributed by atoms with Crippen LogP contribution in [0, 0.1) is 9.52 Å². The van der Waals surface area contributed by atoms with Crippen LogP contribution in [0.3, 0.4) is 0 Å². The van der Waals surface area contributed by atoms with Crippen LogP contribution in [0.25, 0.3) is 0 Å². The number of benzene rings is 1. The topological polar surface area (TPSA) is 117 Å². The molecule has 3 heterocycles. The zero-order valence-corrected chi connectivity index (χ0v) is 21.5. The largest absolute Gasteiger partial charge is 0.465 e. The number of hydrogen-bond acceptors (Lipinski definition) is 6. The molecule has 0 radical (unpaired) electrons. The Hall–Kier alpha value is -2.87. The number of carbonyl (C=O) groups is 3. The van der Waals surface area contributed by atoms with Gasteiger partial charge in [0, 0.05) is 31.2 Å². The summed E-state index contributed by atoms with van der Waals surface area (Å²) in [5.41, 5.74) is 0.750. The minimum absolute atomic E-state index is 0.0356. The lowest BCUT2D eigenvalue weighted by molar-refractivity contribution is -0.137. The fourth-order valence-corrected chi connectivity index (χ4v) is 5.10. The number of hydrogen-bond donors (Lipinski definition) is 2. The van der Waals surface area contributed by atoms with Gasteiger partial charge in [-0.05, 0) is 65.3 Å². The standard InChI is InChI=1S/C22H22ClFIN5O5/c1-28(16-6-8-35-20(16)32)19(31)17-18(25)27-21(29-7-2-3-14(11-29)26-22(33)34)30(17)10-12-9-13(24)4-5-15(12)23/h4-6,9,14,26H,2-3,7-8,10-11H2,1H3,(H,33,34)/t14-/m1/s1. The van der Waals surface area contributed by atoms with Gasteiger partial charge in [0.2, 0.25) is 5.95 Å². The summed E-state index contributed by atoms with van der Waals surface area (Å²) in [6, 6.07) is 3.66. The van der Waals surface area contributed by atoms with Crippen molar-refractivity contribution in [2.24, 2.45) is 0 Å². The summed E-state index contributed by atoms with van der Waals surface area (Å²) in [6.07, 6.45) is 1.78. The van der Waals surface area contributed by atoms with E-state index in [9.17, 15) is 18.8 Å². The number of ether oxygens (including phenoxy) is 1. The molecular weight excluding hydrogens is 596 g/mol. The second kappa shape index (κ2) is 10.4. The summed E-state index contributed by atoms with van der Waals surface area (Å²) in [6.45, 7) is 1.05. The highest BCUT2D eigenvalue weighted by molar-refractivity contribution is 14.1. The van der Waals surface area contributed by atoms with Crippen LogP contribution in [0.5, 0.6) is 0 Å². The van der Waals surface area contributed by atoms with E-state index < -0.39 is 23.8 Å². The fourth-order valence-electron chi connectivity index (χ4n) is 4.19. The molecule has 0 unspecified atom stereocenters. The number of piperidine rings is 1. The van der Waals surface area contributed by atoms with Crippen LogP contribution in [0.4, 0.5) is 15.1 Å². The maximum Gasteiger partial charge on any atom is 0.404 e. The number of rotatable bonds is 6. The molecule has 4 rings (SSSR count). The van der Waals surface area contributed by atoms with Gasteiger partial charge < -0.3 is 29.5 Å². The zero-order chi connectivity index (χ0) is 25.3. The number of nitrogens with one attached hydrogen (secondary N) is 1. The van der Waals surface area contributed by atoms with Gasteiger partial charge >= 0.3 is 12.1 Å². The van der Waals surface area contributed by atoms with Crippen molar-refractivity contribution in [2.45, 2.75) is 25.4 Å². The van der Waals surface area contributed by atoms with E-state index in [4.69, 9.17) is 21.4 Å². The van der Waals surface area contributed by atoms with Crippen molar-refractivity contribution < 1.29 is 28.6 Å². The number of amides is 2. The highest BCUT2D eigenvalue weighted by Gasteiger charge is 2.33. The number of aromatic nitrogens is 2. The van der Waals surface area contributed by atoms with Gasteiger partial charge in [-0.25, -0.2) is 19.0 Å². The molecule has 0 saturated carbocycles. The number of nitrogens with zero attached hydrogens (tertiary/aromatic N) is 4. The second-order valence-corrected chi connectivity index (χ2v) is 9.59. The summed E-state index contributed by atoms with van der Waals surface area (Å²) in [5, 5.41) is 12.0. The third-order valence-electron chi connectivity index (χ3n) is 5.84. The van der Waals surface area contributed by atoms with Gasteiger partial charge in [0.05, 0.1) is 6.54 Å². The molecule has 0 aliphatic carbocycles. The van der Waals surface area contributed by atoms with Crippen molar-refractivity contribution in [3.63, 3.8) is 0 Å². The predicted molar refractivity (Wildman–Crippen MR) is 133 cm³/mol. The van der Waals surface area contributed by atoms with Crippen LogP contribution in [0.1, 0.15) is 28.9 Å². The lowest BCUT2D eigenvalue weighted by atomic mass is 10.1. The SMILES string of the molecule is CN(C(=O)c1c(I)nc(N2CCC[C@@H](NC(=O)O)C2)n1Cc1cc(F)ccc1Cl)C1=CCOC1=O. The number of cyclic esters (lactones) is 1. The highest BCUT2D eigenvalue weighted by atomic mass is 127. The third kappa shape index (κ3) is 5.37. The van der Waals surface area contributed by atoms with Crippen molar-refractivity contribution in [1.82, 2.24) is 19.8 Å². The molecule has 13 heteroatoms. The average Bonchev–Trinajstić information content (AvgIpc) is 3.37. The van der Waals surface area contributed by atoms with Crippen LogP contribution >= 0.6 is 34.2 Å². The molecule has 35 heavy (non-hydrogen) atoms. The molecule has 0 spiro atoms. The molecule has 1 aromatic heterocycles. The van der Waals surface area contributed by atoms with Crippen LogP contribution in [-0.4, -0.2) is 70.3 Å². The Morgan fingerprint density at radius 3 is 2.89 bits per heavy atom. The van der Waals surface area contributed by atoms with E-state index in [1.54, 1.807) is 4.57 Å². The van der Waals surface area contributed by atoms with Crippen molar-refractivity contribution in [3.05, 3.63) is 55.8 Å². The third-order valence-corrected chi connectivity index (χ3v) is 6.96. The molecular formula is C22H22ClFIN5O5. The van der Waals surface area contributed by atoms with Crippen LogP contribution < -0.4 is 10.2 Å². The van der Waals surface area contributed by atoms with Gasteiger partial charge in [0.1, 0.15) is 27.5 Å². The van der Waals surface area contributed by atoms with Crippen LogP contribution in [-0.2, 0) is 16.1 Å². The average molecular weight is 618 g/mol. The Labute approximate surface area is 218 Å². The van der Waals surface area contributed by atoms with Gasteiger partial charge in [-0.2, -0.15) is 0 Å². The predicted octanol–water partition coefficient (Wildman–Crippen LogP) is 3.08.